The van der Waals surface area contributed by atoms with Crippen LogP contribution in [-0.4, -0.2) is 35.0 Å². The molecule has 0 aliphatic carbocycles. The van der Waals surface area contributed by atoms with Gasteiger partial charge in [0.2, 0.25) is 0 Å². The van der Waals surface area contributed by atoms with E-state index in [1.54, 1.807) is 17.0 Å². The number of carbonyl (C=O) groups is 1. The molecule has 0 saturated carbocycles. The molecule has 2 rings (SSSR count). The van der Waals surface area contributed by atoms with E-state index in [-0.39, 0.29) is 17.7 Å². The van der Waals surface area contributed by atoms with E-state index < -0.39 is 0 Å². The Morgan fingerprint density at radius 3 is 3.00 bits per heavy atom. The van der Waals surface area contributed by atoms with Crippen molar-refractivity contribution < 1.29 is 9.90 Å². The Balaban J connectivity index is 2.21. The molecule has 4 nitrogen and oxygen atoms in total. The normalized spacial score (nSPS) is 20.4. The summed E-state index contributed by atoms with van der Waals surface area (Å²) in [7, 11) is 0. The predicted molar refractivity (Wildman–Crippen MR) is 68.9 cm³/mol. The lowest BCUT2D eigenvalue weighted by molar-refractivity contribution is 0.0705. The molecule has 1 fully saturated rings. The molecule has 0 spiro atoms. The van der Waals surface area contributed by atoms with Gasteiger partial charge in [0.25, 0.3) is 5.91 Å². The molecule has 1 unspecified atom stereocenters. The standard InChI is InChI=1S/C12H15BrN2O2/c13-8-3-4-11(16)10(6-8)12(17)15-5-1-2-9(14)7-15/h3-4,6,9,16H,1-2,5,7,14H2. The highest BCUT2D eigenvalue weighted by Crippen LogP contribution is 2.24. The molecular weight excluding hydrogens is 284 g/mol. The number of piperidine rings is 1. The molecule has 0 bridgehead atoms. The number of halogens is 1. The Bertz CT molecular complexity index is 437. The molecule has 1 heterocycles. The monoisotopic (exact) mass is 298 g/mol. The van der Waals surface area contributed by atoms with Gasteiger partial charge in [-0.1, -0.05) is 15.9 Å². The third-order valence-electron chi connectivity index (χ3n) is 2.93. The van der Waals surface area contributed by atoms with Crippen LogP contribution in [-0.2, 0) is 0 Å². The highest BCUT2D eigenvalue weighted by atomic mass is 79.9. The number of likely N-dealkylation sites (tertiary alicyclic amines) is 1. The molecular formula is C12H15BrN2O2. The molecule has 1 saturated heterocycles. The van der Waals surface area contributed by atoms with E-state index in [2.05, 4.69) is 15.9 Å². The summed E-state index contributed by atoms with van der Waals surface area (Å²) in [6.45, 7) is 1.27. The van der Waals surface area contributed by atoms with E-state index in [1.807, 2.05) is 0 Å². The number of nitrogens with zero attached hydrogens (tertiary/aromatic N) is 1. The van der Waals surface area contributed by atoms with Crippen molar-refractivity contribution in [1.29, 1.82) is 0 Å². The van der Waals surface area contributed by atoms with Crippen molar-refractivity contribution in [2.75, 3.05) is 13.1 Å². The maximum Gasteiger partial charge on any atom is 0.257 e. The Morgan fingerprint density at radius 1 is 1.53 bits per heavy atom. The topological polar surface area (TPSA) is 66.6 Å². The molecule has 0 aromatic heterocycles. The third-order valence-corrected chi connectivity index (χ3v) is 3.43. The first-order valence-corrected chi connectivity index (χ1v) is 6.40. The van der Waals surface area contributed by atoms with Crippen LogP contribution in [0, 0.1) is 0 Å². The molecule has 17 heavy (non-hydrogen) atoms. The number of amides is 1. The van der Waals surface area contributed by atoms with Gasteiger partial charge >= 0.3 is 0 Å². The highest BCUT2D eigenvalue weighted by molar-refractivity contribution is 9.10. The fourth-order valence-corrected chi connectivity index (χ4v) is 2.41. The van der Waals surface area contributed by atoms with Crippen LogP contribution in [0.4, 0.5) is 0 Å². The molecule has 0 radical (unpaired) electrons. The minimum atomic E-state index is -0.154. The van der Waals surface area contributed by atoms with Crippen molar-refractivity contribution in [3.63, 3.8) is 0 Å². The van der Waals surface area contributed by atoms with Crippen LogP contribution in [0.3, 0.4) is 0 Å². The van der Waals surface area contributed by atoms with Crippen molar-refractivity contribution in [2.24, 2.45) is 5.73 Å². The van der Waals surface area contributed by atoms with Crippen molar-refractivity contribution in [3.05, 3.63) is 28.2 Å². The van der Waals surface area contributed by atoms with Gasteiger partial charge in [-0.3, -0.25) is 4.79 Å². The fourth-order valence-electron chi connectivity index (χ4n) is 2.04. The SMILES string of the molecule is NC1CCCN(C(=O)c2cc(Br)ccc2O)C1. The van der Waals surface area contributed by atoms with Crippen LogP contribution in [0.2, 0.25) is 0 Å². The summed E-state index contributed by atoms with van der Waals surface area (Å²) < 4.78 is 0.778. The number of nitrogens with two attached hydrogens (primary N) is 1. The van der Waals surface area contributed by atoms with Crippen LogP contribution in [0.15, 0.2) is 22.7 Å². The van der Waals surface area contributed by atoms with Crippen LogP contribution < -0.4 is 5.73 Å². The van der Waals surface area contributed by atoms with Crippen LogP contribution in [0.5, 0.6) is 5.75 Å². The average Bonchev–Trinajstić information content (AvgIpc) is 2.31. The van der Waals surface area contributed by atoms with Gasteiger partial charge in [0, 0.05) is 23.6 Å². The first-order chi connectivity index (χ1) is 8.08. The highest BCUT2D eigenvalue weighted by Gasteiger charge is 2.24. The van der Waals surface area contributed by atoms with Crippen LogP contribution in [0.25, 0.3) is 0 Å². The molecule has 1 aromatic carbocycles. The number of carbonyl (C=O) groups excluding carboxylic acids is 1. The second-order valence-corrected chi connectivity index (χ2v) is 5.23. The van der Waals surface area contributed by atoms with E-state index in [4.69, 9.17) is 5.73 Å². The summed E-state index contributed by atoms with van der Waals surface area (Å²) in [5.74, 6) is -0.142. The summed E-state index contributed by atoms with van der Waals surface area (Å²) in [6.07, 6.45) is 1.87. The molecule has 1 aromatic rings. The predicted octanol–water partition coefficient (Wildman–Crippen LogP) is 1.72. The van der Waals surface area contributed by atoms with E-state index in [9.17, 15) is 9.90 Å². The number of phenols is 1. The summed E-state index contributed by atoms with van der Waals surface area (Å²) in [5, 5.41) is 9.70. The zero-order valence-corrected chi connectivity index (χ0v) is 11.0. The number of benzene rings is 1. The number of rotatable bonds is 1. The van der Waals surface area contributed by atoms with Gasteiger partial charge in [-0.15, -0.1) is 0 Å². The molecule has 3 N–H and O–H groups in total. The lowest BCUT2D eigenvalue weighted by atomic mass is 10.1. The summed E-state index contributed by atoms with van der Waals surface area (Å²) in [4.78, 5) is 13.9. The molecule has 5 heteroatoms. The van der Waals surface area contributed by atoms with E-state index in [0.717, 1.165) is 17.3 Å². The van der Waals surface area contributed by atoms with Crippen molar-refractivity contribution >= 4 is 21.8 Å². The number of hydrogen-bond acceptors (Lipinski definition) is 3. The van der Waals surface area contributed by atoms with Gasteiger partial charge < -0.3 is 15.7 Å². The van der Waals surface area contributed by atoms with Gasteiger partial charge in [0.1, 0.15) is 5.75 Å². The molecule has 1 atom stereocenters. The van der Waals surface area contributed by atoms with Crippen LogP contribution in [0.1, 0.15) is 23.2 Å². The summed E-state index contributed by atoms with van der Waals surface area (Å²) >= 11 is 3.29. The first-order valence-electron chi connectivity index (χ1n) is 5.61. The fraction of sp³-hybridized carbons (Fsp3) is 0.417. The van der Waals surface area contributed by atoms with Gasteiger partial charge in [-0.05, 0) is 31.0 Å². The lowest BCUT2D eigenvalue weighted by Crippen LogP contribution is -2.45. The van der Waals surface area contributed by atoms with Gasteiger partial charge in [-0.25, -0.2) is 0 Å². The second-order valence-electron chi connectivity index (χ2n) is 4.31. The quantitative estimate of drug-likeness (QED) is 0.829. The Morgan fingerprint density at radius 2 is 2.29 bits per heavy atom. The van der Waals surface area contributed by atoms with Crippen molar-refractivity contribution in [1.82, 2.24) is 4.90 Å². The minimum Gasteiger partial charge on any atom is -0.507 e. The maximum absolute atomic E-state index is 12.2. The molecule has 1 aliphatic heterocycles. The minimum absolute atomic E-state index is 0.0114. The zero-order chi connectivity index (χ0) is 12.4. The van der Waals surface area contributed by atoms with E-state index in [0.29, 0.717) is 18.7 Å². The van der Waals surface area contributed by atoms with Crippen molar-refractivity contribution in [2.45, 2.75) is 18.9 Å². The smallest absolute Gasteiger partial charge is 0.257 e. The van der Waals surface area contributed by atoms with Crippen LogP contribution >= 0.6 is 15.9 Å². The third kappa shape index (κ3) is 2.79. The molecule has 92 valence electrons. The van der Waals surface area contributed by atoms with E-state index >= 15 is 0 Å². The molecule has 1 amide bonds. The first kappa shape index (κ1) is 12.4. The number of aromatic hydroxyl groups is 1. The average molecular weight is 299 g/mol. The second kappa shape index (κ2) is 5.06. The summed E-state index contributed by atoms with van der Waals surface area (Å²) in [5.41, 5.74) is 6.17. The summed E-state index contributed by atoms with van der Waals surface area (Å²) in [6, 6.07) is 4.90. The Labute approximate surface area is 109 Å². The lowest BCUT2D eigenvalue weighted by Gasteiger charge is -2.31. The van der Waals surface area contributed by atoms with Gasteiger partial charge in [0.15, 0.2) is 0 Å². The zero-order valence-electron chi connectivity index (χ0n) is 9.40. The number of phenolic OH excluding ortho intramolecular Hbond substituents is 1. The molecule has 1 aliphatic rings. The largest absolute Gasteiger partial charge is 0.507 e. The maximum atomic E-state index is 12.2. The Hall–Kier alpha value is -1.07. The van der Waals surface area contributed by atoms with Crippen molar-refractivity contribution in [3.8, 4) is 5.75 Å². The van der Waals surface area contributed by atoms with Gasteiger partial charge in [0.05, 0.1) is 5.56 Å². The van der Waals surface area contributed by atoms with Gasteiger partial charge in [-0.2, -0.15) is 0 Å². The van der Waals surface area contributed by atoms with E-state index in [1.165, 1.54) is 6.07 Å². The Kier molecular flexibility index (Phi) is 3.69. The number of hydrogen-bond donors (Lipinski definition) is 2.